The SMILES string of the molecule is O=C(O)c1cc2c(s1)C1(CCN(C3CCOC3)CC1)OCC2. The Morgan fingerprint density at radius 1 is 1.36 bits per heavy atom. The van der Waals surface area contributed by atoms with Crippen LogP contribution >= 0.6 is 11.3 Å². The second-order valence-electron chi connectivity index (χ2n) is 6.42. The molecule has 6 heteroatoms. The summed E-state index contributed by atoms with van der Waals surface area (Å²) in [5.74, 6) is -0.824. The monoisotopic (exact) mass is 323 g/mol. The fraction of sp³-hybridized carbons (Fsp3) is 0.688. The number of hydrogen-bond acceptors (Lipinski definition) is 5. The molecule has 1 spiro atoms. The summed E-state index contributed by atoms with van der Waals surface area (Å²) < 4.78 is 11.7. The first-order valence-corrected chi connectivity index (χ1v) is 8.82. The molecular weight excluding hydrogens is 302 g/mol. The van der Waals surface area contributed by atoms with E-state index in [0.29, 0.717) is 17.5 Å². The number of carboxylic acid groups (broad SMARTS) is 1. The van der Waals surface area contributed by atoms with E-state index in [0.717, 1.165) is 52.0 Å². The molecule has 3 aliphatic rings. The predicted octanol–water partition coefficient (Wildman–Crippen LogP) is 2.10. The Kier molecular flexibility index (Phi) is 3.72. The summed E-state index contributed by atoms with van der Waals surface area (Å²) in [6, 6.07) is 2.40. The lowest BCUT2D eigenvalue weighted by Gasteiger charge is -2.45. The lowest BCUT2D eigenvalue weighted by atomic mass is 9.85. The minimum Gasteiger partial charge on any atom is -0.477 e. The van der Waals surface area contributed by atoms with E-state index in [1.54, 1.807) is 0 Å². The van der Waals surface area contributed by atoms with Crippen molar-refractivity contribution >= 4 is 17.3 Å². The molecule has 1 unspecified atom stereocenters. The van der Waals surface area contributed by atoms with Gasteiger partial charge in [0.1, 0.15) is 10.5 Å². The van der Waals surface area contributed by atoms with Gasteiger partial charge in [0, 0.05) is 30.6 Å². The van der Waals surface area contributed by atoms with Gasteiger partial charge < -0.3 is 14.6 Å². The van der Waals surface area contributed by atoms with Gasteiger partial charge in [0.15, 0.2) is 0 Å². The largest absolute Gasteiger partial charge is 0.477 e. The van der Waals surface area contributed by atoms with E-state index in [1.807, 2.05) is 6.07 Å². The van der Waals surface area contributed by atoms with E-state index < -0.39 is 5.97 Å². The maximum absolute atomic E-state index is 11.3. The van der Waals surface area contributed by atoms with Crippen LogP contribution in [0.4, 0.5) is 0 Å². The van der Waals surface area contributed by atoms with Crippen LogP contribution in [0.1, 0.15) is 39.4 Å². The minimum absolute atomic E-state index is 0.248. The highest BCUT2D eigenvalue weighted by atomic mass is 32.1. The molecule has 0 radical (unpaired) electrons. The van der Waals surface area contributed by atoms with Crippen LogP contribution < -0.4 is 0 Å². The Morgan fingerprint density at radius 3 is 2.86 bits per heavy atom. The highest BCUT2D eigenvalue weighted by molar-refractivity contribution is 7.14. The zero-order valence-electron chi connectivity index (χ0n) is 12.5. The number of hydrogen-bond donors (Lipinski definition) is 1. The fourth-order valence-corrected chi connectivity index (χ4v) is 5.21. The normalized spacial score (nSPS) is 27.9. The predicted molar refractivity (Wildman–Crippen MR) is 82.6 cm³/mol. The van der Waals surface area contributed by atoms with Crippen LogP contribution in [-0.2, 0) is 21.5 Å². The molecule has 4 rings (SSSR count). The second-order valence-corrected chi connectivity index (χ2v) is 7.47. The van der Waals surface area contributed by atoms with E-state index in [4.69, 9.17) is 9.47 Å². The number of nitrogens with zero attached hydrogens (tertiary/aromatic N) is 1. The average molecular weight is 323 g/mol. The van der Waals surface area contributed by atoms with Crippen LogP contribution in [0.15, 0.2) is 6.07 Å². The third-order valence-electron chi connectivity index (χ3n) is 5.21. The van der Waals surface area contributed by atoms with Gasteiger partial charge in [0.05, 0.1) is 13.2 Å². The van der Waals surface area contributed by atoms with Gasteiger partial charge in [-0.15, -0.1) is 11.3 Å². The molecule has 0 amide bonds. The molecule has 3 aliphatic heterocycles. The molecule has 1 aromatic heterocycles. The Labute approximate surface area is 133 Å². The van der Waals surface area contributed by atoms with Gasteiger partial charge in [0.25, 0.3) is 0 Å². The Hall–Kier alpha value is -0.950. The Balaban J connectivity index is 1.55. The van der Waals surface area contributed by atoms with Crippen molar-refractivity contribution in [1.29, 1.82) is 0 Å². The molecule has 120 valence electrons. The minimum atomic E-state index is -0.824. The lowest BCUT2D eigenvalue weighted by molar-refractivity contribution is -0.0999. The summed E-state index contributed by atoms with van der Waals surface area (Å²) in [6.45, 7) is 4.44. The van der Waals surface area contributed by atoms with E-state index >= 15 is 0 Å². The number of ether oxygens (including phenoxy) is 2. The first kappa shape index (κ1) is 14.6. The van der Waals surface area contributed by atoms with Gasteiger partial charge in [-0.2, -0.15) is 0 Å². The molecule has 0 aromatic carbocycles. The highest BCUT2D eigenvalue weighted by Crippen LogP contribution is 2.45. The summed E-state index contributed by atoms with van der Waals surface area (Å²) in [5, 5.41) is 9.25. The first-order valence-electron chi connectivity index (χ1n) is 8.00. The number of thiophene rings is 1. The molecule has 1 atom stereocenters. The number of carboxylic acids is 1. The van der Waals surface area contributed by atoms with Crippen molar-refractivity contribution in [2.24, 2.45) is 0 Å². The van der Waals surface area contributed by atoms with Crippen molar-refractivity contribution in [2.75, 3.05) is 32.9 Å². The average Bonchev–Trinajstić information content (AvgIpc) is 3.18. The molecule has 0 bridgehead atoms. The third kappa shape index (κ3) is 2.38. The van der Waals surface area contributed by atoms with Crippen LogP contribution in [0, 0.1) is 0 Å². The van der Waals surface area contributed by atoms with Crippen LogP contribution in [0.25, 0.3) is 0 Å². The number of aromatic carboxylic acids is 1. The molecule has 5 nitrogen and oxygen atoms in total. The van der Waals surface area contributed by atoms with Crippen LogP contribution in [0.5, 0.6) is 0 Å². The molecule has 1 N–H and O–H groups in total. The Bertz CT molecular complexity index is 571. The zero-order valence-corrected chi connectivity index (χ0v) is 13.4. The van der Waals surface area contributed by atoms with Crippen LogP contribution in [-0.4, -0.2) is 54.9 Å². The van der Waals surface area contributed by atoms with E-state index in [9.17, 15) is 9.90 Å². The van der Waals surface area contributed by atoms with Crippen molar-refractivity contribution in [1.82, 2.24) is 4.90 Å². The standard InChI is InChI=1S/C16H21NO4S/c18-15(19)13-9-11-1-8-21-16(14(11)22-13)3-5-17(6-4-16)12-2-7-20-10-12/h9,12H,1-8,10H2,(H,18,19). The van der Waals surface area contributed by atoms with Crippen LogP contribution in [0.3, 0.4) is 0 Å². The number of likely N-dealkylation sites (tertiary alicyclic amines) is 1. The number of rotatable bonds is 2. The molecular formula is C16H21NO4S. The van der Waals surface area contributed by atoms with Crippen LogP contribution in [0.2, 0.25) is 0 Å². The van der Waals surface area contributed by atoms with Gasteiger partial charge in [-0.25, -0.2) is 4.79 Å². The summed E-state index contributed by atoms with van der Waals surface area (Å²) in [7, 11) is 0. The molecule has 2 fully saturated rings. The number of carbonyl (C=O) groups is 1. The summed E-state index contributed by atoms with van der Waals surface area (Å²) >= 11 is 1.41. The third-order valence-corrected chi connectivity index (χ3v) is 6.56. The highest BCUT2D eigenvalue weighted by Gasteiger charge is 2.44. The van der Waals surface area contributed by atoms with Gasteiger partial charge in [0.2, 0.25) is 0 Å². The fourth-order valence-electron chi connectivity index (χ4n) is 3.96. The molecule has 0 saturated carbocycles. The summed E-state index contributed by atoms with van der Waals surface area (Å²) in [6.07, 6.45) is 3.87. The maximum Gasteiger partial charge on any atom is 0.345 e. The first-order chi connectivity index (χ1) is 10.7. The topological polar surface area (TPSA) is 59.0 Å². The van der Waals surface area contributed by atoms with Crippen molar-refractivity contribution in [3.63, 3.8) is 0 Å². The number of piperidine rings is 1. The smallest absolute Gasteiger partial charge is 0.345 e. The lowest BCUT2D eigenvalue weighted by Crippen LogP contribution is -2.49. The van der Waals surface area contributed by atoms with E-state index in [1.165, 1.54) is 21.8 Å². The molecule has 1 aromatic rings. The summed E-state index contributed by atoms with van der Waals surface area (Å²) in [4.78, 5) is 15.4. The van der Waals surface area contributed by atoms with Gasteiger partial charge in [-0.3, -0.25) is 4.90 Å². The zero-order chi connectivity index (χ0) is 15.2. The molecule has 4 heterocycles. The summed E-state index contributed by atoms with van der Waals surface area (Å²) in [5.41, 5.74) is 0.938. The quantitative estimate of drug-likeness (QED) is 0.903. The van der Waals surface area contributed by atoms with Gasteiger partial charge in [-0.1, -0.05) is 0 Å². The van der Waals surface area contributed by atoms with Crippen molar-refractivity contribution in [3.8, 4) is 0 Å². The van der Waals surface area contributed by atoms with Gasteiger partial charge in [-0.05, 0) is 37.3 Å². The van der Waals surface area contributed by atoms with Crippen molar-refractivity contribution < 1.29 is 19.4 Å². The van der Waals surface area contributed by atoms with E-state index in [-0.39, 0.29) is 5.60 Å². The number of fused-ring (bicyclic) bond motifs is 2. The van der Waals surface area contributed by atoms with E-state index in [2.05, 4.69) is 4.90 Å². The maximum atomic E-state index is 11.3. The molecule has 22 heavy (non-hydrogen) atoms. The van der Waals surface area contributed by atoms with Crippen molar-refractivity contribution in [3.05, 3.63) is 21.4 Å². The molecule has 0 aliphatic carbocycles. The molecule has 2 saturated heterocycles. The van der Waals surface area contributed by atoms with Crippen molar-refractivity contribution in [2.45, 2.75) is 37.3 Å². The van der Waals surface area contributed by atoms with Gasteiger partial charge >= 0.3 is 5.97 Å². The second kappa shape index (κ2) is 5.60. The Morgan fingerprint density at radius 2 is 2.18 bits per heavy atom.